The first-order valence-corrected chi connectivity index (χ1v) is 1.97. The fourth-order valence-corrected chi connectivity index (χ4v) is 0.258. The molecule has 0 aliphatic carbocycles. The molecule has 0 fully saturated rings. The van der Waals surface area contributed by atoms with Gasteiger partial charge >= 0.3 is 68.9 Å². The number of hydrogen-bond acceptors (Lipinski definition) is 3. The minimum Gasteiger partial charge on any atom is -0.549 e. The average Bonchev–Trinajstić information content (AvgIpc) is 1.27. The fraction of sp³-hybridized carbons (Fsp3) is 0.750. The summed E-state index contributed by atoms with van der Waals surface area (Å²) in [5.74, 6) is -1.04. The summed E-state index contributed by atoms with van der Waals surface area (Å²) in [4.78, 5) is 11.2. The molecule has 0 rings (SSSR count). The molecule has 0 heterocycles. The molecule has 0 bridgehead atoms. The molecule has 0 saturated carbocycles. The van der Waals surface area contributed by atoms with E-state index in [1.54, 1.807) is 14.1 Å². The minimum atomic E-state index is -1.04. The smallest absolute Gasteiger partial charge is 0.549 e. The molecule has 4 heteroatoms. The minimum absolute atomic E-state index is 0. The zero-order chi connectivity index (χ0) is 5.86. The molecule has 0 aliphatic heterocycles. The van der Waals surface area contributed by atoms with Gasteiger partial charge in [-0.25, -0.2) is 0 Å². The van der Waals surface area contributed by atoms with E-state index in [1.165, 1.54) is 4.90 Å². The van der Waals surface area contributed by atoms with Gasteiger partial charge in [0.1, 0.15) is 0 Å². The van der Waals surface area contributed by atoms with Crippen molar-refractivity contribution in [3.8, 4) is 0 Å². The molecule has 0 aliphatic rings. The SMILES string of the molecule is CN(C)CC(=O)[O-].[Cs+]. The van der Waals surface area contributed by atoms with E-state index in [0.717, 1.165) is 0 Å². The van der Waals surface area contributed by atoms with E-state index >= 15 is 0 Å². The van der Waals surface area contributed by atoms with Crippen molar-refractivity contribution in [2.24, 2.45) is 0 Å². The van der Waals surface area contributed by atoms with E-state index in [9.17, 15) is 9.90 Å². The van der Waals surface area contributed by atoms with E-state index in [-0.39, 0.29) is 75.4 Å². The summed E-state index contributed by atoms with van der Waals surface area (Å²) in [5.41, 5.74) is 0. The molecule has 0 unspecified atom stereocenters. The second-order valence-electron chi connectivity index (χ2n) is 1.61. The molecule has 8 heavy (non-hydrogen) atoms. The van der Waals surface area contributed by atoms with Gasteiger partial charge in [0, 0.05) is 6.54 Å². The Hall–Kier alpha value is 1.48. The number of rotatable bonds is 2. The van der Waals surface area contributed by atoms with Gasteiger partial charge in [0.25, 0.3) is 0 Å². The predicted molar refractivity (Wildman–Crippen MR) is 23.6 cm³/mol. The van der Waals surface area contributed by atoms with E-state index in [1.807, 2.05) is 0 Å². The Kier molecular flexibility index (Phi) is 10.1. The maximum absolute atomic E-state index is 9.66. The second kappa shape index (κ2) is 6.60. The van der Waals surface area contributed by atoms with Crippen molar-refractivity contribution >= 4 is 5.97 Å². The maximum Gasteiger partial charge on any atom is 1.00 e. The zero-order valence-corrected chi connectivity index (χ0v) is 11.8. The number of carboxylic acid groups (broad SMARTS) is 1. The van der Waals surface area contributed by atoms with E-state index < -0.39 is 5.97 Å². The largest absolute Gasteiger partial charge is 1.00 e. The van der Waals surface area contributed by atoms with Gasteiger partial charge in [-0.2, -0.15) is 0 Å². The molecule has 0 aromatic rings. The Labute approximate surface area is 108 Å². The van der Waals surface area contributed by atoms with Crippen LogP contribution in [0.4, 0.5) is 0 Å². The van der Waals surface area contributed by atoms with Crippen molar-refractivity contribution in [1.82, 2.24) is 4.90 Å². The molecule has 0 atom stereocenters. The third-order valence-electron chi connectivity index (χ3n) is 0.445. The Bertz CT molecular complexity index is 74.4. The van der Waals surface area contributed by atoms with Crippen LogP contribution in [0.5, 0.6) is 0 Å². The number of carbonyl (C=O) groups excluding carboxylic acids is 1. The summed E-state index contributed by atoms with van der Waals surface area (Å²) < 4.78 is 0. The Morgan fingerprint density at radius 3 is 2.00 bits per heavy atom. The normalized spacial score (nSPS) is 8.38. The van der Waals surface area contributed by atoms with Gasteiger partial charge in [0.2, 0.25) is 0 Å². The molecule has 0 amide bonds. The number of carbonyl (C=O) groups is 1. The third kappa shape index (κ3) is 10.5. The molecule has 0 radical (unpaired) electrons. The fourth-order valence-electron chi connectivity index (χ4n) is 0.258. The number of nitrogens with zero attached hydrogens (tertiary/aromatic N) is 1. The van der Waals surface area contributed by atoms with Crippen LogP contribution < -0.4 is 74.0 Å². The molecular weight excluding hydrogens is 227 g/mol. The zero-order valence-electron chi connectivity index (χ0n) is 5.47. The Morgan fingerprint density at radius 1 is 1.62 bits per heavy atom. The Balaban J connectivity index is 0. The van der Waals surface area contributed by atoms with Gasteiger partial charge in [-0.3, -0.25) is 0 Å². The van der Waals surface area contributed by atoms with E-state index in [0.29, 0.717) is 0 Å². The predicted octanol–water partition coefficient (Wildman–Crippen LogP) is -4.70. The molecule has 0 spiro atoms. The summed E-state index contributed by atoms with van der Waals surface area (Å²) in [6.45, 7) is 0. The number of likely N-dealkylation sites (N-methyl/N-ethyl adjacent to an activating group) is 1. The summed E-state index contributed by atoms with van der Waals surface area (Å²) in [6.07, 6.45) is 0. The van der Waals surface area contributed by atoms with Crippen molar-refractivity contribution in [2.45, 2.75) is 0 Å². The van der Waals surface area contributed by atoms with Crippen molar-refractivity contribution in [3.63, 3.8) is 0 Å². The van der Waals surface area contributed by atoms with Crippen LogP contribution in [0.15, 0.2) is 0 Å². The van der Waals surface area contributed by atoms with Gasteiger partial charge in [-0.05, 0) is 14.1 Å². The van der Waals surface area contributed by atoms with Gasteiger partial charge < -0.3 is 14.8 Å². The van der Waals surface area contributed by atoms with Crippen LogP contribution in [-0.2, 0) is 4.79 Å². The molecule has 0 aromatic carbocycles. The maximum atomic E-state index is 9.66. The molecule has 0 aromatic heterocycles. The topological polar surface area (TPSA) is 43.4 Å². The van der Waals surface area contributed by atoms with Crippen LogP contribution >= 0.6 is 0 Å². The van der Waals surface area contributed by atoms with Gasteiger partial charge in [0.05, 0.1) is 5.97 Å². The molecule has 3 nitrogen and oxygen atoms in total. The van der Waals surface area contributed by atoms with Crippen LogP contribution in [0.3, 0.4) is 0 Å². The third-order valence-corrected chi connectivity index (χ3v) is 0.445. The number of aliphatic carboxylic acids is 1. The first-order chi connectivity index (χ1) is 3.13. The average molecular weight is 235 g/mol. The molecule has 42 valence electrons. The van der Waals surface area contributed by atoms with Gasteiger partial charge in [-0.1, -0.05) is 0 Å². The van der Waals surface area contributed by atoms with E-state index in [2.05, 4.69) is 0 Å². The first-order valence-electron chi connectivity index (χ1n) is 1.97. The van der Waals surface area contributed by atoms with Gasteiger partial charge in [-0.15, -0.1) is 0 Å². The first kappa shape index (κ1) is 12.2. The monoisotopic (exact) mass is 235 g/mol. The second-order valence-corrected chi connectivity index (χ2v) is 1.61. The number of carboxylic acids is 1. The standard InChI is InChI=1S/C4H9NO2.Cs/c1-5(2)3-4(6)7;/h3H2,1-2H3,(H,6,7);/q;+1/p-1. The van der Waals surface area contributed by atoms with Crippen LogP contribution in [0, 0.1) is 0 Å². The van der Waals surface area contributed by atoms with Gasteiger partial charge in [0.15, 0.2) is 0 Å². The Morgan fingerprint density at radius 2 is 2.00 bits per heavy atom. The van der Waals surface area contributed by atoms with Crippen molar-refractivity contribution in [2.75, 3.05) is 20.6 Å². The summed E-state index contributed by atoms with van der Waals surface area (Å²) in [6, 6.07) is 0. The van der Waals surface area contributed by atoms with Crippen molar-refractivity contribution < 1.29 is 78.8 Å². The molecule has 0 N–H and O–H groups in total. The van der Waals surface area contributed by atoms with Crippen LogP contribution in [-0.4, -0.2) is 31.5 Å². The number of hydrogen-bond donors (Lipinski definition) is 0. The summed E-state index contributed by atoms with van der Waals surface area (Å²) >= 11 is 0. The molecule has 0 saturated heterocycles. The van der Waals surface area contributed by atoms with Crippen molar-refractivity contribution in [1.29, 1.82) is 0 Å². The quantitative estimate of drug-likeness (QED) is 0.483. The van der Waals surface area contributed by atoms with Crippen LogP contribution in [0.2, 0.25) is 0 Å². The van der Waals surface area contributed by atoms with Crippen LogP contribution in [0.25, 0.3) is 0 Å². The molecular formula is C4H8CsNO2. The van der Waals surface area contributed by atoms with Crippen molar-refractivity contribution in [3.05, 3.63) is 0 Å². The van der Waals surface area contributed by atoms with Crippen LogP contribution in [0.1, 0.15) is 0 Å². The van der Waals surface area contributed by atoms with E-state index in [4.69, 9.17) is 0 Å². The summed E-state index contributed by atoms with van der Waals surface area (Å²) in [5, 5.41) is 9.66. The summed E-state index contributed by atoms with van der Waals surface area (Å²) in [7, 11) is 3.35.